The summed E-state index contributed by atoms with van der Waals surface area (Å²) in [6, 6.07) is 49.3. The lowest BCUT2D eigenvalue weighted by molar-refractivity contribution is 0.332. The summed E-state index contributed by atoms with van der Waals surface area (Å²) in [5.74, 6) is 1.92. The second-order valence-electron chi connectivity index (χ2n) is 22.9. The van der Waals surface area contributed by atoms with Crippen LogP contribution in [0.5, 0.6) is 11.5 Å². The van der Waals surface area contributed by atoms with Crippen LogP contribution >= 0.6 is 11.3 Å². The molecule has 3 aliphatic heterocycles. The van der Waals surface area contributed by atoms with Crippen molar-refractivity contribution < 1.29 is 4.74 Å². The van der Waals surface area contributed by atoms with Crippen molar-refractivity contribution in [3.05, 3.63) is 189 Å². The zero-order valence-electron chi connectivity index (χ0n) is 40.0. The van der Waals surface area contributed by atoms with Crippen molar-refractivity contribution in [1.82, 2.24) is 0 Å². The van der Waals surface area contributed by atoms with Gasteiger partial charge in [0.2, 0.25) is 0 Å². The number of aryl methyl sites for hydroxylation is 1. The summed E-state index contributed by atoms with van der Waals surface area (Å²) in [6.07, 6.45) is 3.27. The number of allylic oxidation sites excluding steroid dienone is 1. The number of nitrogens with zero attached hydrogens (tertiary/aromatic N) is 2. The molecule has 66 heavy (non-hydrogen) atoms. The van der Waals surface area contributed by atoms with Crippen LogP contribution < -0.4 is 14.5 Å². The summed E-state index contributed by atoms with van der Waals surface area (Å²) in [5.41, 5.74) is 22.6. The molecule has 0 fully saturated rings. The van der Waals surface area contributed by atoms with Crippen molar-refractivity contribution in [2.45, 2.75) is 116 Å². The quantitative estimate of drug-likeness (QED) is 0.172. The van der Waals surface area contributed by atoms with E-state index in [0.29, 0.717) is 0 Å². The predicted octanol–water partition coefficient (Wildman–Crippen LogP) is 17.5. The van der Waals surface area contributed by atoms with E-state index in [1.54, 1.807) is 0 Å². The highest BCUT2D eigenvalue weighted by Crippen LogP contribution is 2.65. The van der Waals surface area contributed by atoms with Gasteiger partial charge in [0, 0.05) is 60.8 Å². The Kier molecular flexibility index (Phi) is 8.09. The van der Waals surface area contributed by atoms with Crippen LogP contribution in [0.1, 0.15) is 137 Å². The Morgan fingerprint density at radius 3 is 2.14 bits per heavy atom. The minimum absolute atomic E-state index is 0.00736. The monoisotopic (exact) mass is 878 g/mol. The van der Waals surface area contributed by atoms with Gasteiger partial charge in [-0.15, -0.1) is 11.3 Å². The Bertz CT molecular complexity index is 3480. The molecule has 0 N–H and O–H groups in total. The number of benzene rings is 7. The Morgan fingerprint density at radius 2 is 1.33 bits per heavy atom. The molecule has 4 heterocycles. The van der Waals surface area contributed by atoms with Crippen LogP contribution in [0.25, 0.3) is 25.9 Å². The molecule has 0 radical (unpaired) electrons. The highest BCUT2D eigenvalue weighted by Gasteiger charge is 2.48. The van der Waals surface area contributed by atoms with E-state index in [4.69, 9.17) is 4.74 Å². The molecular formula is C62H58N2OS. The fraction of sp³-hybridized carbons (Fsp3) is 0.290. The van der Waals surface area contributed by atoms with Crippen LogP contribution in [0.4, 0.5) is 28.4 Å². The van der Waals surface area contributed by atoms with Crippen molar-refractivity contribution in [1.29, 1.82) is 0 Å². The normalized spacial score (nSPS) is 19.1. The van der Waals surface area contributed by atoms with Gasteiger partial charge in [-0.2, -0.15) is 0 Å². The molecule has 8 aromatic rings. The third-order valence-corrected chi connectivity index (χ3v) is 17.6. The molecule has 4 heteroatoms. The molecule has 5 aliphatic rings. The van der Waals surface area contributed by atoms with Crippen molar-refractivity contribution in [3.8, 4) is 11.5 Å². The van der Waals surface area contributed by atoms with Crippen LogP contribution in [-0.2, 0) is 28.1 Å². The van der Waals surface area contributed by atoms with E-state index in [1.807, 2.05) is 11.3 Å². The first-order chi connectivity index (χ1) is 31.5. The molecule has 2 aliphatic carbocycles. The molecule has 3 nitrogen and oxygen atoms in total. The Labute approximate surface area is 394 Å². The maximum Gasteiger partial charge on any atom is 0.133 e. The maximum absolute atomic E-state index is 7.01. The lowest BCUT2D eigenvalue weighted by Gasteiger charge is -2.47. The van der Waals surface area contributed by atoms with Crippen molar-refractivity contribution in [2.75, 3.05) is 9.80 Å². The van der Waals surface area contributed by atoms with E-state index in [2.05, 4.69) is 206 Å². The summed E-state index contributed by atoms with van der Waals surface area (Å²) in [6.45, 7) is 23.9. The van der Waals surface area contributed by atoms with Gasteiger partial charge in [-0.05, 0) is 136 Å². The van der Waals surface area contributed by atoms with Crippen LogP contribution in [-0.4, -0.2) is 0 Å². The minimum atomic E-state index is -0.270. The standard InChI is InChI=1S/C62H58N2OS/c1-35-28-50-56-51(29-35)64(48-19-15-17-40-39-16-11-14-21-54(39)66-58(40)48)49-34-53-47(62(9,10)45-18-12-13-20-52(45)65-53)33-42(49)55(56)43-30-36-22-23-37(59(2,3)4)31-41(36)57(43)63(50)38-24-25-44-46(32-38)61(7,8)27-26-60(44,5)6/h11-25,28-29,31-34,55H,26-27,30H2,1-10H3. The first kappa shape index (κ1) is 40.2. The van der Waals surface area contributed by atoms with Crippen molar-refractivity contribution in [2.24, 2.45) is 0 Å². The molecule has 1 atom stereocenters. The fourth-order valence-corrected chi connectivity index (χ4v) is 13.9. The topological polar surface area (TPSA) is 15.7 Å². The number of ether oxygens (including phenoxy) is 1. The fourth-order valence-electron chi connectivity index (χ4n) is 12.6. The van der Waals surface area contributed by atoms with E-state index in [0.717, 1.165) is 17.9 Å². The van der Waals surface area contributed by atoms with E-state index in [1.165, 1.54) is 128 Å². The summed E-state index contributed by atoms with van der Waals surface area (Å²) < 4.78 is 9.62. The molecule has 0 spiro atoms. The summed E-state index contributed by atoms with van der Waals surface area (Å²) in [7, 11) is 0. The summed E-state index contributed by atoms with van der Waals surface area (Å²) in [4.78, 5) is 5.33. The van der Waals surface area contributed by atoms with Gasteiger partial charge in [0.1, 0.15) is 11.5 Å². The summed E-state index contributed by atoms with van der Waals surface area (Å²) in [5, 5.41) is 2.61. The highest BCUT2D eigenvalue weighted by molar-refractivity contribution is 7.26. The molecular weight excluding hydrogens is 821 g/mol. The zero-order chi connectivity index (χ0) is 45.4. The molecule has 0 amide bonds. The number of fused-ring (bicyclic) bond motifs is 11. The van der Waals surface area contributed by atoms with Crippen molar-refractivity contribution in [3.63, 3.8) is 0 Å². The lowest BCUT2D eigenvalue weighted by atomic mass is 9.63. The maximum atomic E-state index is 7.01. The average Bonchev–Trinajstić information content (AvgIpc) is 3.86. The summed E-state index contributed by atoms with van der Waals surface area (Å²) >= 11 is 1.91. The third-order valence-electron chi connectivity index (χ3n) is 16.4. The SMILES string of the molecule is Cc1cc2c3c(c1)N(c1cccc4c1sc1ccccc14)c1cc4c(cc1C3C1=C(c3cc(C(C)(C)C)ccc3C1)N2c1ccc2c(c1)C(C)(C)CCC2(C)C)C(C)(C)c1ccccc1O4. The Morgan fingerprint density at radius 1 is 0.606 bits per heavy atom. The highest BCUT2D eigenvalue weighted by atomic mass is 32.1. The third kappa shape index (κ3) is 5.48. The number of rotatable bonds is 2. The van der Waals surface area contributed by atoms with E-state index in [-0.39, 0.29) is 27.6 Å². The molecule has 1 aromatic heterocycles. The Balaban J connectivity index is 1.15. The first-order valence-corrected chi connectivity index (χ1v) is 24.9. The van der Waals surface area contributed by atoms with E-state index >= 15 is 0 Å². The van der Waals surface area contributed by atoms with Gasteiger partial charge in [-0.3, -0.25) is 0 Å². The molecule has 13 rings (SSSR count). The minimum Gasteiger partial charge on any atom is -0.457 e. The number of thiophene rings is 1. The van der Waals surface area contributed by atoms with Crippen LogP contribution in [0, 0.1) is 6.92 Å². The molecule has 7 aromatic carbocycles. The first-order valence-electron chi connectivity index (χ1n) is 24.1. The van der Waals surface area contributed by atoms with Crippen molar-refractivity contribution >= 4 is 65.6 Å². The molecule has 328 valence electrons. The Hall–Kier alpha value is -6.10. The number of hydrogen-bond acceptors (Lipinski definition) is 4. The van der Waals surface area contributed by atoms with Gasteiger partial charge in [-0.25, -0.2) is 0 Å². The van der Waals surface area contributed by atoms with Crippen LogP contribution in [0.3, 0.4) is 0 Å². The number of para-hydroxylation sites is 1. The van der Waals surface area contributed by atoms with Gasteiger partial charge < -0.3 is 14.5 Å². The van der Waals surface area contributed by atoms with Crippen LogP contribution in [0.15, 0.2) is 133 Å². The number of hydrogen-bond donors (Lipinski definition) is 0. The number of anilines is 5. The van der Waals surface area contributed by atoms with Gasteiger partial charge >= 0.3 is 0 Å². The molecule has 0 saturated carbocycles. The van der Waals surface area contributed by atoms with E-state index in [9.17, 15) is 0 Å². The second-order valence-corrected chi connectivity index (χ2v) is 23.9. The molecule has 0 saturated heterocycles. The predicted molar refractivity (Wildman–Crippen MR) is 279 cm³/mol. The largest absolute Gasteiger partial charge is 0.457 e. The van der Waals surface area contributed by atoms with Gasteiger partial charge in [-0.1, -0.05) is 129 Å². The van der Waals surface area contributed by atoms with Crippen LogP contribution in [0.2, 0.25) is 0 Å². The molecule has 1 unspecified atom stereocenters. The lowest BCUT2D eigenvalue weighted by Crippen LogP contribution is -2.35. The van der Waals surface area contributed by atoms with E-state index < -0.39 is 0 Å². The van der Waals surface area contributed by atoms with Gasteiger partial charge in [0.25, 0.3) is 0 Å². The van der Waals surface area contributed by atoms with Gasteiger partial charge in [0.05, 0.1) is 33.1 Å². The zero-order valence-corrected chi connectivity index (χ0v) is 40.9. The average molecular weight is 879 g/mol. The second kappa shape index (κ2) is 13.3. The molecule has 0 bridgehead atoms. The van der Waals surface area contributed by atoms with Gasteiger partial charge in [0.15, 0.2) is 0 Å². The smallest absolute Gasteiger partial charge is 0.133 e.